The molecule has 2 amide bonds. The van der Waals surface area contributed by atoms with Gasteiger partial charge in [-0.15, -0.1) is 0 Å². The van der Waals surface area contributed by atoms with E-state index < -0.39 is 0 Å². The first-order valence-electron chi connectivity index (χ1n) is 6.05. The van der Waals surface area contributed by atoms with E-state index >= 15 is 0 Å². The average molecular weight is 233 g/mol. The minimum absolute atomic E-state index is 0.0580. The molecule has 0 unspecified atom stereocenters. The minimum Gasteiger partial charge on any atom is -0.336 e. The highest BCUT2D eigenvalue weighted by Crippen LogP contribution is 2.05. The van der Waals surface area contributed by atoms with Crippen molar-refractivity contribution in [3.05, 3.63) is 35.4 Å². The predicted molar refractivity (Wildman–Crippen MR) is 67.9 cm³/mol. The van der Waals surface area contributed by atoms with E-state index in [0.717, 1.165) is 32.7 Å². The molecule has 0 bridgehead atoms. The quantitative estimate of drug-likeness (QED) is 0.748. The highest BCUT2D eigenvalue weighted by molar-refractivity contribution is 5.76. The molecule has 1 fully saturated rings. The van der Waals surface area contributed by atoms with Gasteiger partial charge in [-0.3, -0.25) is 0 Å². The van der Waals surface area contributed by atoms with E-state index in [0.29, 0.717) is 0 Å². The first kappa shape index (κ1) is 11.9. The minimum atomic E-state index is 0.0580. The number of amides is 2. The summed E-state index contributed by atoms with van der Waals surface area (Å²) in [5.74, 6) is 0. The van der Waals surface area contributed by atoms with Crippen LogP contribution in [0.2, 0.25) is 0 Å². The Labute approximate surface area is 102 Å². The van der Waals surface area contributed by atoms with E-state index in [4.69, 9.17) is 0 Å². The van der Waals surface area contributed by atoms with Crippen molar-refractivity contribution in [1.82, 2.24) is 15.5 Å². The third-order valence-electron chi connectivity index (χ3n) is 3.08. The van der Waals surface area contributed by atoms with Gasteiger partial charge in [0, 0.05) is 32.7 Å². The molecule has 1 aliphatic heterocycles. The van der Waals surface area contributed by atoms with Crippen LogP contribution in [0.3, 0.4) is 0 Å². The molecular weight excluding hydrogens is 214 g/mol. The van der Waals surface area contributed by atoms with Crippen molar-refractivity contribution in [2.45, 2.75) is 13.5 Å². The number of nitrogens with zero attached hydrogens (tertiary/aromatic N) is 1. The van der Waals surface area contributed by atoms with Crippen molar-refractivity contribution >= 4 is 6.03 Å². The van der Waals surface area contributed by atoms with Crippen LogP contribution in [-0.2, 0) is 6.54 Å². The number of carbonyl (C=O) groups is 1. The van der Waals surface area contributed by atoms with Gasteiger partial charge in [0.25, 0.3) is 0 Å². The molecule has 4 nitrogen and oxygen atoms in total. The summed E-state index contributed by atoms with van der Waals surface area (Å²) in [7, 11) is 0. The molecule has 17 heavy (non-hydrogen) atoms. The van der Waals surface area contributed by atoms with Crippen LogP contribution in [0.1, 0.15) is 11.1 Å². The molecule has 2 rings (SSSR count). The predicted octanol–water partition coefficient (Wildman–Crippen LogP) is 1.11. The van der Waals surface area contributed by atoms with Crippen molar-refractivity contribution in [3.63, 3.8) is 0 Å². The maximum Gasteiger partial charge on any atom is 0.317 e. The molecule has 1 aromatic carbocycles. The SMILES string of the molecule is Cc1ccccc1CNCCN1CCNC1=O. The number of nitrogens with one attached hydrogen (secondary N) is 2. The number of aryl methyl sites for hydroxylation is 1. The summed E-state index contributed by atoms with van der Waals surface area (Å²) in [5, 5.41) is 6.16. The first-order chi connectivity index (χ1) is 8.27. The number of rotatable bonds is 5. The van der Waals surface area contributed by atoms with Crippen molar-refractivity contribution in [2.24, 2.45) is 0 Å². The fraction of sp³-hybridized carbons (Fsp3) is 0.462. The largest absolute Gasteiger partial charge is 0.336 e. The molecule has 92 valence electrons. The van der Waals surface area contributed by atoms with E-state index in [2.05, 4.69) is 35.8 Å². The Bertz CT molecular complexity index is 392. The molecule has 1 aliphatic rings. The molecule has 2 N–H and O–H groups in total. The summed E-state index contributed by atoms with van der Waals surface area (Å²) in [4.78, 5) is 13.1. The lowest BCUT2D eigenvalue weighted by Crippen LogP contribution is -2.34. The summed E-state index contributed by atoms with van der Waals surface area (Å²) in [6, 6.07) is 8.41. The standard InChI is InChI=1S/C13H19N3O/c1-11-4-2-3-5-12(11)10-14-6-8-16-9-7-15-13(16)17/h2-5,14H,6-10H2,1H3,(H,15,17). The van der Waals surface area contributed by atoms with Crippen molar-refractivity contribution in [1.29, 1.82) is 0 Å². The monoisotopic (exact) mass is 233 g/mol. The van der Waals surface area contributed by atoms with E-state index in [9.17, 15) is 4.79 Å². The zero-order valence-electron chi connectivity index (χ0n) is 10.2. The maximum absolute atomic E-state index is 11.3. The summed E-state index contributed by atoms with van der Waals surface area (Å²) in [6.07, 6.45) is 0. The third kappa shape index (κ3) is 3.20. The third-order valence-corrected chi connectivity index (χ3v) is 3.08. The van der Waals surface area contributed by atoms with Gasteiger partial charge in [-0.05, 0) is 18.1 Å². The van der Waals surface area contributed by atoms with E-state index in [1.54, 1.807) is 0 Å². The van der Waals surface area contributed by atoms with E-state index in [-0.39, 0.29) is 6.03 Å². The lowest BCUT2D eigenvalue weighted by Gasteiger charge is -2.14. The van der Waals surface area contributed by atoms with Gasteiger partial charge in [0.15, 0.2) is 0 Å². The molecule has 4 heteroatoms. The Balaban J connectivity index is 1.70. The van der Waals surface area contributed by atoms with Gasteiger partial charge in [-0.1, -0.05) is 24.3 Å². The van der Waals surface area contributed by atoms with Gasteiger partial charge < -0.3 is 15.5 Å². The Kier molecular flexibility index (Phi) is 3.98. The van der Waals surface area contributed by atoms with Crippen LogP contribution in [0, 0.1) is 6.92 Å². The number of carbonyl (C=O) groups excluding carboxylic acids is 1. The Hall–Kier alpha value is -1.55. The molecule has 0 spiro atoms. The Morgan fingerprint density at radius 1 is 1.41 bits per heavy atom. The van der Waals surface area contributed by atoms with Crippen LogP contribution in [0.25, 0.3) is 0 Å². The number of hydrogen-bond acceptors (Lipinski definition) is 2. The lowest BCUT2D eigenvalue weighted by atomic mass is 10.1. The first-order valence-corrected chi connectivity index (χ1v) is 6.05. The van der Waals surface area contributed by atoms with Gasteiger partial charge in [0.2, 0.25) is 0 Å². The maximum atomic E-state index is 11.3. The molecule has 0 atom stereocenters. The van der Waals surface area contributed by atoms with Crippen LogP contribution in [0.5, 0.6) is 0 Å². The Morgan fingerprint density at radius 3 is 2.94 bits per heavy atom. The van der Waals surface area contributed by atoms with E-state index in [1.807, 2.05) is 11.0 Å². The van der Waals surface area contributed by atoms with Gasteiger partial charge in [-0.25, -0.2) is 4.79 Å². The van der Waals surface area contributed by atoms with Crippen molar-refractivity contribution < 1.29 is 4.79 Å². The fourth-order valence-corrected chi connectivity index (χ4v) is 1.97. The molecule has 0 radical (unpaired) electrons. The molecule has 1 saturated heterocycles. The topological polar surface area (TPSA) is 44.4 Å². The van der Waals surface area contributed by atoms with Crippen molar-refractivity contribution in [2.75, 3.05) is 26.2 Å². The zero-order chi connectivity index (χ0) is 12.1. The van der Waals surface area contributed by atoms with Crippen LogP contribution in [0.15, 0.2) is 24.3 Å². The molecular formula is C13H19N3O. The molecule has 0 aromatic heterocycles. The molecule has 0 saturated carbocycles. The molecule has 1 aromatic rings. The van der Waals surface area contributed by atoms with Crippen LogP contribution < -0.4 is 10.6 Å². The lowest BCUT2D eigenvalue weighted by molar-refractivity contribution is 0.217. The van der Waals surface area contributed by atoms with Crippen LogP contribution >= 0.6 is 0 Å². The zero-order valence-corrected chi connectivity index (χ0v) is 10.2. The molecule has 0 aliphatic carbocycles. The van der Waals surface area contributed by atoms with Gasteiger partial charge in [0.05, 0.1) is 0 Å². The van der Waals surface area contributed by atoms with Gasteiger partial charge in [-0.2, -0.15) is 0 Å². The number of hydrogen-bond donors (Lipinski definition) is 2. The second-order valence-electron chi connectivity index (χ2n) is 4.32. The smallest absolute Gasteiger partial charge is 0.317 e. The number of urea groups is 1. The molecule has 1 heterocycles. The van der Waals surface area contributed by atoms with Crippen LogP contribution in [-0.4, -0.2) is 37.1 Å². The van der Waals surface area contributed by atoms with E-state index in [1.165, 1.54) is 11.1 Å². The summed E-state index contributed by atoms with van der Waals surface area (Å²) in [5.41, 5.74) is 2.62. The Morgan fingerprint density at radius 2 is 2.24 bits per heavy atom. The van der Waals surface area contributed by atoms with Gasteiger partial charge >= 0.3 is 6.03 Å². The second kappa shape index (κ2) is 5.68. The average Bonchev–Trinajstić information content (AvgIpc) is 2.73. The summed E-state index contributed by atoms with van der Waals surface area (Å²) in [6.45, 7) is 6.19. The highest BCUT2D eigenvalue weighted by atomic mass is 16.2. The van der Waals surface area contributed by atoms with Crippen LogP contribution in [0.4, 0.5) is 4.79 Å². The normalized spacial score (nSPS) is 15.1. The summed E-state index contributed by atoms with van der Waals surface area (Å²) >= 11 is 0. The second-order valence-corrected chi connectivity index (χ2v) is 4.32. The van der Waals surface area contributed by atoms with Gasteiger partial charge in [0.1, 0.15) is 0 Å². The number of benzene rings is 1. The van der Waals surface area contributed by atoms with Crippen molar-refractivity contribution in [3.8, 4) is 0 Å². The summed E-state index contributed by atoms with van der Waals surface area (Å²) < 4.78 is 0. The highest BCUT2D eigenvalue weighted by Gasteiger charge is 2.17. The fourth-order valence-electron chi connectivity index (χ4n) is 1.97.